The lowest BCUT2D eigenvalue weighted by molar-refractivity contribution is -0.148. The summed E-state index contributed by atoms with van der Waals surface area (Å²) in [7, 11) is 0. The Morgan fingerprint density at radius 2 is 2.12 bits per heavy atom. The maximum absolute atomic E-state index is 11.6. The number of carbonyl (C=O) groups excluding carboxylic acids is 1. The second-order valence-electron chi connectivity index (χ2n) is 3.91. The van der Waals surface area contributed by atoms with E-state index in [1.54, 1.807) is 13.8 Å². The van der Waals surface area contributed by atoms with Gasteiger partial charge in [-0.15, -0.1) is 0 Å². The van der Waals surface area contributed by atoms with Crippen LogP contribution in [0.15, 0.2) is 28.7 Å². The van der Waals surface area contributed by atoms with E-state index in [4.69, 9.17) is 10.5 Å². The van der Waals surface area contributed by atoms with E-state index in [-0.39, 0.29) is 5.97 Å². The third kappa shape index (κ3) is 3.32. The first-order valence-electron chi connectivity index (χ1n) is 5.17. The Hall–Kier alpha value is -0.870. The lowest BCUT2D eigenvalue weighted by Crippen LogP contribution is -2.48. The maximum Gasteiger partial charge on any atom is 0.326 e. The standard InChI is InChI=1S/C12H16BrNO2/c1-3-16-11(15)12(2,14)8-9-6-4-5-7-10(9)13/h4-7H,3,8,14H2,1-2H3/t12-/m0/s1. The minimum Gasteiger partial charge on any atom is -0.465 e. The molecular formula is C12H16BrNO2. The van der Waals surface area contributed by atoms with E-state index in [0.29, 0.717) is 13.0 Å². The molecule has 0 bridgehead atoms. The third-order valence-electron chi connectivity index (χ3n) is 2.26. The highest BCUT2D eigenvalue weighted by atomic mass is 79.9. The zero-order chi connectivity index (χ0) is 12.2. The van der Waals surface area contributed by atoms with E-state index in [0.717, 1.165) is 10.0 Å². The summed E-state index contributed by atoms with van der Waals surface area (Å²) in [5.74, 6) is -0.370. The zero-order valence-corrected chi connectivity index (χ0v) is 11.1. The summed E-state index contributed by atoms with van der Waals surface area (Å²) in [5.41, 5.74) is 5.97. The zero-order valence-electron chi connectivity index (χ0n) is 9.50. The van der Waals surface area contributed by atoms with Crippen LogP contribution in [0.25, 0.3) is 0 Å². The Morgan fingerprint density at radius 3 is 2.69 bits per heavy atom. The highest BCUT2D eigenvalue weighted by molar-refractivity contribution is 9.10. The van der Waals surface area contributed by atoms with Crippen molar-refractivity contribution in [2.75, 3.05) is 6.61 Å². The molecule has 0 saturated carbocycles. The first-order chi connectivity index (χ1) is 7.47. The van der Waals surface area contributed by atoms with Gasteiger partial charge in [0.05, 0.1) is 6.61 Å². The molecule has 1 aromatic rings. The van der Waals surface area contributed by atoms with E-state index in [1.165, 1.54) is 0 Å². The van der Waals surface area contributed by atoms with Crippen LogP contribution in [0.3, 0.4) is 0 Å². The summed E-state index contributed by atoms with van der Waals surface area (Å²) in [6.45, 7) is 3.80. The quantitative estimate of drug-likeness (QED) is 0.864. The van der Waals surface area contributed by atoms with Crippen LogP contribution in [-0.2, 0) is 16.0 Å². The molecule has 0 heterocycles. The van der Waals surface area contributed by atoms with Crippen molar-refractivity contribution in [1.82, 2.24) is 0 Å². The van der Waals surface area contributed by atoms with E-state index in [9.17, 15) is 4.79 Å². The van der Waals surface area contributed by atoms with Gasteiger partial charge in [0, 0.05) is 10.9 Å². The lowest BCUT2D eigenvalue weighted by atomic mass is 9.94. The van der Waals surface area contributed by atoms with Gasteiger partial charge in [-0.3, -0.25) is 4.79 Å². The summed E-state index contributed by atoms with van der Waals surface area (Å²) in [6, 6.07) is 7.71. The number of halogens is 1. The predicted molar refractivity (Wildman–Crippen MR) is 67.1 cm³/mol. The van der Waals surface area contributed by atoms with Crippen LogP contribution in [0, 0.1) is 0 Å². The third-order valence-corrected chi connectivity index (χ3v) is 3.03. The molecule has 0 spiro atoms. The second kappa shape index (κ2) is 5.46. The number of hydrogen-bond acceptors (Lipinski definition) is 3. The number of carbonyl (C=O) groups is 1. The molecule has 0 aliphatic rings. The first-order valence-corrected chi connectivity index (χ1v) is 5.96. The monoisotopic (exact) mass is 285 g/mol. The summed E-state index contributed by atoms with van der Waals surface area (Å²) >= 11 is 3.43. The number of ether oxygens (including phenoxy) is 1. The molecule has 0 aliphatic carbocycles. The molecule has 0 unspecified atom stereocenters. The van der Waals surface area contributed by atoms with Crippen LogP contribution in [-0.4, -0.2) is 18.1 Å². The van der Waals surface area contributed by atoms with E-state index < -0.39 is 5.54 Å². The van der Waals surface area contributed by atoms with E-state index in [2.05, 4.69) is 15.9 Å². The molecule has 0 fully saturated rings. The average molecular weight is 286 g/mol. The molecule has 4 heteroatoms. The fraction of sp³-hybridized carbons (Fsp3) is 0.417. The molecule has 2 N–H and O–H groups in total. The second-order valence-corrected chi connectivity index (χ2v) is 4.76. The summed E-state index contributed by atoms with van der Waals surface area (Å²) < 4.78 is 5.89. The minimum atomic E-state index is -0.986. The topological polar surface area (TPSA) is 52.3 Å². The van der Waals surface area contributed by atoms with Crippen molar-refractivity contribution in [1.29, 1.82) is 0 Å². The van der Waals surface area contributed by atoms with Gasteiger partial charge in [-0.2, -0.15) is 0 Å². The van der Waals surface area contributed by atoms with E-state index in [1.807, 2.05) is 24.3 Å². The number of rotatable bonds is 4. The number of benzene rings is 1. The SMILES string of the molecule is CCOC(=O)[C@@](C)(N)Cc1ccccc1Br. The minimum absolute atomic E-state index is 0.349. The van der Waals surface area contributed by atoms with Gasteiger partial charge in [-0.25, -0.2) is 0 Å². The van der Waals surface area contributed by atoms with Gasteiger partial charge < -0.3 is 10.5 Å². The summed E-state index contributed by atoms with van der Waals surface area (Å²) in [6.07, 6.45) is 0.452. The molecule has 1 aromatic carbocycles. The van der Waals surface area contributed by atoms with Crippen LogP contribution in [0.5, 0.6) is 0 Å². The predicted octanol–water partition coefficient (Wildman–Crippen LogP) is 2.27. The number of nitrogens with two attached hydrogens (primary N) is 1. The Kier molecular flexibility index (Phi) is 4.50. The Balaban J connectivity index is 2.80. The van der Waals surface area contributed by atoms with Crippen LogP contribution in [0.1, 0.15) is 19.4 Å². The van der Waals surface area contributed by atoms with Crippen LogP contribution < -0.4 is 5.73 Å². The molecule has 16 heavy (non-hydrogen) atoms. The molecule has 88 valence electrons. The fourth-order valence-corrected chi connectivity index (χ4v) is 1.83. The molecule has 0 aliphatic heterocycles. The smallest absolute Gasteiger partial charge is 0.326 e. The van der Waals surface area contributed by atoms with Gasteiger partial charge in [0.2, 0.25) is 0 Å². The molecular weight excluding hydrogens is 270 g/mol. The van der Waals surface area contributed by atoms with Crippen molar-refractivity contribution in [2.45, 2.75) is 25.8 Å². The Labute approximate surface area is 104 Å². The van der Waals surface area contributed by atoms with Crippen LogP contribution >= 0.6 is 15.9 Å². The fourth-order valence-electron chi connectivity index (χ4n) is 1.41. The van der Waals surface area contributed by atoms with Gasteiger partial charge in [0.1, 0.15) is 5.54 Å². The van der Waals surface area contributed by atoms with Gasteiger partial charge in [-0.1, -0.05) is 34.1 Å². The van der Waals surface area contributed by atoms with E-state index >= 15 is 0 Å². The number of esters is 1. The molecule has 1 atom stereocenters. The van der Waals surface area contributed by atoms with Crippen molar-refractivity contribution in [3.05, 3.63) is 34.3 Å². The van der Waals surface area contributed by atoms with Crippen molar-refractivity contribution in [3.8, 4) is 0 Å². The van der Waals surface area contributed by atoms with Crippen LogP contribution in [0.2, 0.25) is 0 Å². The Morgan fingerprint density at radius 1 is 1.50 bits per heavy atom. The van der Waals surface area contributed by atoms with Crippen molar-refractivity contribution in [3.63, 3.8) is 0 Å². The van der Waals surface area contributed by atoms with Crippen LogP contribution in [0.4, 0.5) is 0 Å². The highest BCUT2D eigenvalue weighted by Crippen LogP contribution is 2.21. The van der Waals surface area contributed by atoms with Crippen molar-refractivity contribution in [2.24, 2.45) is 5.73 Å². The first kappa shape index (κ1) is 13.2. The van der Waals surface area contributed by atoms with Gasteiger partial charge in [0.15, 0.2) is 0 Å². The number of hydrogen-bond donors (Lipinski definition) is 1. The van der Waals surface area contributed by atoms with Gasteiger partial charge >= 0.3 is 5.97 Å². The molecule has 1 rings (SSSR count). The summed E-state index contributed by atoms with van der Waals surface area (Å²) in [4.78, 5) is 11.6. The van der Waals surface area contributed by atoms with Crippen molar-refractivity contribution < 1.29 is 9.53 Å². The molecule has 0 saturated heterocycles. The average Bonchev–Trinajstić information content (AvgIpc) is 2.21. The van der Waals surface area contributed by atoms with Gasteiger partial charge in [0.25, 0.3) is 0 Å². The molecule has 3 nitrogen and oxygen atoms in total. The lowest BCUT2D eigenvalue weighted by Gasteiger charge is -2.22. The molecule has 0 radical (unpaired) electrons. The Bertz CT molecular complexity index is 377. The summed E-state index contributed by atoms with van der Waals surface area (Å²) in [5, 5.41) is 0. The van der Waals surface area contributed by atoms with Crippen molar-refractivity contribution >= 4 is 21.9 Å². The normalized spacial score (nSPS) is 14.2. The molecule has 0 amide bonds. The molecule has 0 aromatic heterocycles. The highest BCUT2D eigenvalue weighted by Gasteiger charge is 2.30. The maximum atomic E-state index is 11.6. The van der Waals surface area contributed by atoms with Gasteiger partial charge in [-0.05, 0) is 25.5 Å². The largest absolute Gasteiger partial charge is 0.465 e.